The van der Waals surface area contributed by atoms with Crippen LogP contribution < -0.4 is 5.73 Å². The molecule has 0 aromatic heterocycles. The Morgan fingerprint density at radius 1 is 0.810 bits per heavy atom. The summed E-state index contributed by atoms with van der Waals surface area (Å²) in [6.07, 6.45) is 0. The summed E-state index contributed by atoms with van der Waals surface area (Å²) in [5.41, 5.74) is 7.32. The quantitative estimate of drug-likeness (QED) is 0.437. The highest BCUT2D eigenvalue weighted by atomic mass is 16.1. The Labute approximate surface area is 122 Å². The van der Waals surface area contributed by atoms with E-state index in [1.54, 1.807) is 24.3 Å². The van der Waals surface area contributed by atoms with Gasteiger partial charge in [-0.25, -0.2) is 0 Å². The van der Waals surface area contributed by atoms with E-state index < -0.39 is 0 Å². The van der Waals surface area contributed by atoms with Crippen molar-refractivity contribution in [2.45, 2.75) is 0 Å². The molecule has 0 fully saturated rings. The van der Waals surface area contributed by atoms with Crippen molar-refractivity contribution in [1.82, 2.24) is 0 Å². The first-order valence-corrected chi connectivity index (χ1v) is 6.64. The fourth-order valence-electron chi connectivity index (χ4n) is 2.38. The maximum absolute atomic E-state index is 12.7. The summed E-state index contributed by atoms with van der Waals surface area (Å²) in [6, 6.07) is 20.4. The molecule has 0 spiro atoms. The molecule has 0 aliphatic rings. The second-order valence-electron chi connectivity index (χ2n) is 4.85. The van der Waals surface area contributed by atoms with Crippen molar-refractivity contribution in [3.8, 4) is 0 Å². The summed E-state index contributed by atoms with van der Waals surface area (Å²) in [6.45, 7) is 0. The number of nitrogens with two attached hydrogens (primary N) is 1. The summed E-state index contributed by atoms with van der Waals surface area (Å²) in [7, 11) is 0. The summed E-state index contributed by atoms with van der Waals surface area (Å²) >= 11 is 0. The Morgan fingerprint density at radius 2 is 1.43 bits per heavy atom. The molecule has 102 valence electrons. The molecule has 0 aliphatic heterocycles. The average Bonchev–Trinajstić information content (AvgIpc) is 2.53. The van der Waals surface area contributed by atoms with Gasteiger partial charge in [0.05, 0.1) is 0 Å². The van der Waals surface area contributed by atoms with Gasteiger partial charge >= 0.3 is 0 Å². The number of hydrogen-bond acceptors (Lipinski definition) is 2. The lowest BCUT2D eigenvalue weighted by molar-refractivity contribution is 0.104. The van der Waals surface area contributed by atoms with E-state index in [1.165, 1.54) is 0 Å². The predicted octanol–water partition coefficient (Wildman–Crippen LogP) is 3.35. The highest BCUT2D eigenvalue weighted by molar-refractivity contribution is 6.16. The van der Waals surface area contributed by atoms with Gasteiger partial charge < -0.3 is 5.73 Å². The molecule has 0 aliphatic carbocycles. The van der Waals surface area contributed by atoms with Crippen molar-refractivity contribution in [1.29, 1.82) is 5.41 Å². The predicted molar refractivity (Wildman–Crippen MR) is 84.8 cm³/mol. The molecule has 21 heavy (non-hydrogen) atoms. The first-order chi connectivity index (χ1) is 10.2. The van der Waals surface area contributed by atoms with Gasteiger partial charge in [-0.05, 0) is 10.8 Å². The van der Waals surface area contributed by atoms with Crippen molar-refractivity contribution < 1.29 is 4.79 Å². The zero-order valence-corrected chi connectivity index (χ0v) is 11.3. The number of nitrogen functional groups attached to an aromatic ring is 1. The minimum Gasteiger partial charge on any atom is -0.384 e. The number of nitrogens with one attached hydrogen (secondary N) is 1. The summed E-state index contributed by atoms with van der Waals surface area (Å²) < 4.78 is 0. The molecule has 0 radical (unpaired) electrons. The number of ketones is 1. The Kier molecular flexibility index (Phi) is 3.24. The Hall–Kier alpha value is -2.94. The van der Waals surface area contributed by atoms with Crippen LogP contribution in [-0.4, -0.2) is 11.6 Å². The average molecular weight is 274 g/mol. The van der Waals surface area contributed by atoms with Crippen LogP contribution in [0.5, 0.6) is 0 Å². The largest absolute Gasteiger partial charge is 0.384 e. The third-order valence-corrected chi connectivity index (χ3v) is 3.49. The highest BCUT2D eigenvalue weighted by Crippen LogP contribution is 2.21. The van der Waals surface area contributed by atoms with E-state index in [0.29, 0.717) is 16.7 Å². The van der Waals surface area contributed by atoms with Gasteiger partial charge in [0, 0.05) is 16.7 Å². The van der Waals surface area contributed by atoms with Crippen LogP contribution in [0.25, 0.3) is 10.8 Å². The third kappa shape index (κ3) is 2.41. The smallest absolute Gasteiger partial charge is 0.193 e. The Morgan fingerprint density at radius 3 is 2.14 bits per heavy atom. The number of hydrogen-bond donors (Lipinski definition) is 2. The van der Waals surface area contributed by atoms with Crippen LogP contribution in [0.2, 0.25) is 0 Å². The Bertz CT molecular complexity index is 830. The van der Waals surface area contributed by atoms with E-state index in [4.69, 9.17) is 11.1 Å². The van der Waals surface area contributed by atoms with E-state index in [0.717, 1.165) is 10.8 Å². The third-order valence-electron chi connectivity index (χ3n) is 3.49. The number of amidine groups is 1. The number of benzene rings is 3. The molecule has 3 rings (SSSR count). The van der Waals surface area contributed by atoms with Gasteiger partial charge in [0.25, 0.3) is 0 Å². The van der Waals surface area contributed by atoms with Crippen molar-refractivity contribution in [2.75, 3.05) is 0 Å². The molecule has 0 bridgehead atoms. The standard InChI is InChI=1S/C18H14N2O/c19-18(20)14-10-8-13(9-11-14)17(21)16-7-3-5-12-4-1-2-6-15(12)16/h1-11H,(H3,19,20). The lowest BCUT2D eigenvalue weighted by atomic mass is 9.97. The number of fused-ring (bicyclic) bond motifs is 1. The van der Waals surface area contributed by atoms with Crippen LogP contribution in [0.4, 0.5) is 0 Å². The van der Waals surface area contributed by atoms with E-state index in [2.05, 4.69) is 0 Å². The molecule has 3 aromatic carbocycles. The van der Waals surface area contributed by atoms with E-state index in [1.807, 2.05) is 42.5 Å². The fourth-order valence-corrected chi connectivity index (χ4v) is 2.38. The topological polar surface area (TPSA) is 66.9 Å². The second-order valence-corrected chi connectivity index (χ2v) is 4.85. The maximum Gasteiger partial charge on any atom is 0.193 e. The zero-order valence-electron chi connectivity index (χ0n) is 11.3. The van der Waals surface area contributed by atoms with Crippen molar-refractivity contribution >= 4 is 22.4 Å². The molecule has 3 nitrogen and oxygen atoms in total. The lowest BCUT2D eigenvalue weighted by Crippen LogP contribution is -2.11. The fraction of sp³-hybridized carbons (Fsp3) is 0. The molecular weight excluding hydrogens is 260 g/mol. The van der Waals surface area contributed by atoms with Crippen LogP contribution in [0.3, 0.4) is 0 Å². The molecule has 3 aromatic rings. The van der Waals surface area contributed by atoms with Gasteiger partial charge in [0.1, 0.15) is 5.84 Å². The summed E-state index contributed by atoms with van der Waals surface area (Å²) in [4.78, 5) is 12.7. The van der Waals surface area contributed by atoms with Crippen LogP contribution >= 0.6 is 0 Å². The van der Waals surface area contributed by atoms with E-state index in [9.17, 15) is 4.79 Å². The van der Waals surface area contributed by atoms with Crippen molar-refractivity contribution in [3.05, 3.63) is 83.4 Å². The molecule has 0 amide bonds. The molecule has 0 saturated heterocycles. The van der Waals surface area contributed by atoms with Crippen LogP contribution in [0.15, 0.2) is 66.7 Å². The van der Waals surface area contributed by atoms with Gasteiger partial charge in [-0.15, -0.1) is 0 Å². The van der Waals surface area contributed by atoms with Gasteiger partial charge in [-0.2, -0.15) is 0 Å². The van der Waals surface area contributed by atoms with Gasteiger partial charge in [-0.1, -0.05) is 66.7 Å². The van der Waals surface area contributed by atoms with Crippen LogP contribution in [0.1, 0.15) is 21.5 Å². The van der Waals surface area contributed by atoms with Gasteiger partial charge in [0.2, 0.25) is 0 Å². The molecule has 0 atom stereocenters. The van der Waals surface area contributed by atoms with E-state index in [-0.39, 0.29) is 11.6 Å². The molecule has 3 N–H and O–H groups in total. The maximum atomic E-state index is 12.7. The minimum atomic E-state index is -0.0260. The SMILES string of the molecule is N=C(N)c1ccc(C(=O)c2cccc3ccccc23)cc1. The molecular formula is C18H14N2O. The number of rotatable bonds is 3. The number of carbonyl (C=O) groups is 1. The van der Waals surface area contributed by atoms with Crippen molar-refractivity contribution in [3.63, 3.8) is 0 Å². The number of carbonyl (C=O) groups excluding carboxylic acids is 1. The zero-order chi connectivity index (χ0) is 14.8. The highest BCUT2D eigenvalue weighted by Gasteiger charge is 2.12. The van der Waals surface area contributed by atoms with E-state index >= 15 is 0 Å². The van der Waals surface area contributed by atoms with Gasteiger partial charge in [-0.3, -0.25) is 10.2 Å². The molecule has 0 saturated carbocycles. The summed E-state index contributed by atoms with van der Waals surface area (Å²) in [5.74, 6) is -0.0268. The normalized spacial score (nSPS) is 10.5. The molecule has 0 unspecified atom stereocenters. The first kappa shape index (κ1) is 13.1. The van der Waals surface area contributed by atoms with Crippen LogP contribution in [-0.2, 0) is 0 Å². The monoisotopic (exact) mass is 274 g/mol. The Balaban J connectivity index is 2.06. The minimum absolute atomic E-state index is 0.000778. The lowest BCUT2D eigenvalue weighted by Gasteiger charge is -2.06. The van der Waals surface area contributed by atoms with Gasteiger partial charge in [0.15, 0.2) is 5.78 Å². The molecule has 3 heteroatoms. The second kappa shape index (κ2) is 5.21. The van der Waals surface area contributed by atoms with Crippen LogP contribution in [0, 0.1) is 5.41 Å². The summed E-state index contributed by atoms with van der Waals surface area (Å²) in [5, 5.41) is 9.37. The first-order valence-electron chi connectivity index (χ1n) is 6.64. The van der Waals surface area contributed by atoms with Crippen molar-refractivity contribution in [2.24, 2.45) is 5.73 Å². The molecule has 0 heterocycles.